The SMILES string of the molecule is CC(O)(CNC(=O)Nc1ccc(F)c(Br)c1)CC(=O)O. The van der Waals surface area contributed by atoms with Gasteiger partial charge >= 0.3 is 12.0 Å². The Balaban J connectivity index is 2.51. The number of aliphatic carboxylic acids is 1. The number of hydrogen-bond donors (Lipinski definition) is 4. The normalized spacial score (nSPS) is 13.4. The molecule has 0 radical (unpaired) electrons. The van der Waals surface area contributed by atoms with Crippen molar-refractivity contribution in [1.82, 2.24) is 5.32 Å². The summed E-state index contributed by atoms with van der Waals surface area (Å²) in [5, 5.41) is 23.0. The molecule has 8 heteroatoms. The highest BCUT2D eigenvalue weighted by molar-refractivity contribution is 9.10. The summed E-state index contributed by atoms with van der Waals surface area (Å²) in [4.78, 5) is 22.0. The van der Waals surface area contributed by atoms with Gasteiger partial charge < -0.3 is 20.8 Å². The summed E-state index contributed by atoms with van der Waals surface area (Å²) in [6.07, 6.45) is -0.491. The molecule has 0 fully saturated rings. The number of urea groups is 1. The Morgan fingerprint density at radius 1 is 1.45 bits per heavy atom. The van der Waals surface area contributed by atoms with Crippen molar-refractivity contribution in [2.45, 2.75) is 18.9 Å². The molecule has 1 aromatic rings. The molecule has 4 N–H and O–H groups in total. The monoisotopic (exact) mass is 348 g/mol. The molecule has 1 unspecified atom stereocenters. The van der Waals surface area contributed by atoms with Gasteiger partial charge in [0.05, 0.1) is 16.5 Å². The Kier molecular flexibility index (Phi) is 5.46. The van der Waals surface area contributed by atoms with Gasteiger partial charge in [-0.05, 0) is 41.1 Å². The number of hydrogen-bond acceptors (Lipinski definition) is 3. The van der Waals surface area contributed by atoms with Crippen molar-refractivity contribution in [2.75, 3.05) is 11.9 Å². The number of carboxylic acid groups (broad SMARTS) is 1. The van der Waals surface area contributed by atoms with Crippen LogP contribution in [-0.2, 0) is 4.79 Å². The summed E-state index contributed by atoms with van der Waals surface area (Å²) in [7, 11) is 0. The predicted molar refractivity (Wildman–Crippen MR) is 74.0 cm³/mol. The summed E-state index contributed by atoms with van der Waals surface area (Å²) in [6, 6.07) is 3.30. The van der Waals surface area contributed by atoms with E-state index in [1.165, 1.54) is 25.1 Å². The van der Waals surface area contributed by atoms with Gasteiger partial charge in [0.25, 0.3) is 0 Å². The number of halogens is 2. The number of amides is 2. The van der Waals surface area contributed by atoms with E-state index in [-0.39, 0.29) is 11.0 Å². The lowest BCUT2D eigenvalue weighted by atomic mass is 10.0. The Bertz CT molecular complexity index is 522. The fourth-order valence-corrected chi connectivity index (χ4v) is 1.79. The van der Waals surface area contributed by atoms with Gasteiger partial charge in [-0.25, -0.2) is 9.18 Å². The molecule has 6 nitrogen and oxygen atoms in total. The van der Waals surface area contributed by atoms with Crippen LogP contribution >= 0.6 is 15.9 Å². The van der Waals surface area contributed by atoms with Crippen LogP contribution in [0, 0.1) is 5.82 Å². The average molecular weight is 349 g/mol. The van der Waals surface area contributed by atoms with Gasteiger partial charge in [0.1, 0.15) is 5.82 Å². The van der Waals surface area contributed by atoms with Gasteiger partial charge in [0.2, 0.25) is 0 Å². The Hall–Kier alpha value is -1.67. The first-order chi connectivity index (χ1) is 9.19. The standard InChI is InChI=1S/C12H14BrFN2O4/c1-12(20,5-10(17)18)6-15-11(19)16-7-2-3-9(14)8(13)4-7/h2-4,20H,5-6H2,1H3,(H,17,18)(H2,15,16,19). The van der Waals surface area contributed by atoms with Crippen LogP contribution in [0.4, 0.5) is 14.9 Å². The van der Waals surface area contributed by atoms with Crippen LogP contribution in [0.15, 0.2) is 22.7 Å². The Labute approximate surface area is 123 Å². The molecule has 0 aromatic heterocycles. The molecule has 1 atom stereocenters. The molecule has 0 spiro atoms. The molecule has 1 aromatic carbocycles. The second-order valence-electron chi connectivity index (χ2n) is 4.50. The zero-order valence-electron chi connectivity index (χ0n) is 10.6. The zero-order valence-corrected chi connectivity index (χ0v) is 12.2. The van der Waals surface area contributed by atoms with Crippen molar-refractivity contribution >= 4 is 33.6 Å². The van der Waals surface area contributed by atoms with E-state index in [1.807, 2.05) is 0 Å². The molecule has 0 saturated heterocycles. The first kappa shape index (κ1) is 16.4. The maximum absolute atomic E-state index is 13.0. The van der Waals surface area contributed by atoms with Crippen molar-refractivity contribution in [3.05, 3.63) is 28.5 Å². The first-order valence-corrected chi connectivity index (χ1v) is 6.43. The van der Waals surface area contributed by atoms with Crippen LogP contribution < -0.4 is 10.6 Å². The van der Waals surface area contributed by atoms with Gasteiger partial charge in [-0.1, -0.05) is 0 Å². The molecule has 1 rings (SSSR count). The Morgan fingerprint density at radius 3 is 2.65 bits per heavy atom. The molecule has 0 bridgehead atoms. The largest absolute Gasteiger partial charge is 0.481 e. The molecule has 110 valence electrons. The smallest absolute Gasteiger partial charge is 0.319 e. The van der Waals surface area contributed by atoms with Gasteiger partial charge in [-0.2, -0.15) is 0 Å². The van der Waals surface area contributed by atoms with Crippen molar-refractivity contribution in [3.8, 4) is 0 Å². The van der Waals surface area contributed by atoms with Crippen molar-refractivity contribution in [3.63, 3.8) is 0 Å². The maximum Gasteiger partial charge on any atom is 0.319 e. The number of nitrogens with one attached hydrogen (secondary N) is 2. The fraction of sp³-hybridized carbons (Fsp3) is 0.333. The van der Waals surface area contributed by atoms with E-state index in [9.17, 15) is 19.1 Å². The first-order valence-electron chi connectivity index (χ1n) is 5.64. The maximum atomic E-state index is 13.0. The quantitative estimate of drug-likeness (QED) is 0.653. The number of carbonyl (C=O) groups is 2. The number of carboxylic acids is 1. The molecule has 0 heterocycles. The minimum absolute atomic E-state index is 0.202. The summed E-state index contributed by atoms with van der Waals surface area (Å²) < 4.78 is 13.2. The van der Waals surface area contributed by atoms with Gasteiger partial charge in [-0.15, -0.1) is 0 Å². The van der Waals surface area contributed by atoms with E-state index < -0.39 is 29.8 Å². The van der Waals surface area contributed by atoms with Crippen LogP contribution in [-0.4, -0.2) is 34.4 Å². The van der Waals surface area contributed by atoms with Gasteiger partial charge in [0.15, 0.2) is 0 Å². The van der Waals surface area contributed by atoms with E-state index in [2.05, 4.69) is 26.6 Å². The van der Waals surface area contributed by atoms with Crippen molar-refractivity contribution in [1.29, 1.82) is 0 Å². The van der Waals surface area contributed by atoms with E-state index in [4.69, 9.17) is 5.11 Å². The fourth-order valence-electron chi connectivity index (χ4n) is 1.41. The average Bonchev–Trinajstić information content (AvgIpc) is 2.30. The number of anilines is 1. The van der Waals surface area contributed by atoms with E-state index in [0.29, 0.717) is 5.69 Å². The van der Waals surface area contributed by atoms with E-state index >= 15 is 0 Å². The van der Waals surface area contributed by atoms with E-state index in [0.717, 1.165) is 0 Å². The molecule has 0 aliphatic carbocycles. The lowest BCUT2D eigenvalue weighted by Crippen LogP contribution is -2.43. The zero-order chi connectivity index (χ0) is 15.3. The molecule has 2 amide bonds. The third-order valence-corrected chi connectivity index (χ3v) is 2.95. The van der Waals surface area contributed by atoms with Crippen LogP contribution in [0.5, 0.6) is 0 Å². The second-order valence-corrected chi connectivity index (χ2v) is 5.36. The topological polar surface area (TPSA) is 98.7 Å². The van der Waals surface area contributed by atoms with Crippen LogP contribution in [0.3, 0.4) is 0 Å². The minimum Gasteiger partial charge on any atom is -0.481 e. The number of rotatable bonds is 5. The third kappa shape index (κ3) is 5.54. The number of carbonyl (C=O) groups excluding carboxylic acids is 1. The predicted octanol–water partition coefficient (Wildman–Crippen LogP) is 1.94. The van der Waals surface area contributed by atoms with Crippen molar-refractivity contribution < 1.29 is 24.2 Å². The lowest BCUT2D eigenvalue weighted by Gasteiger charge is -2.21. The molecular formula is C12H14BrFN2O4. The molecule has 0 aliphatic rings. The van der Waals surface area contributed by atoms with E-state index in [1.54, 1.807) is 0 Å². The molecule has 0 aliphatic heterocycles. The minimum atomic E-state index is -1.55. The van der Waals surface area contributed by atoms with Crippen LogP contribution in [0.1, 0.15) is 13.3 Å². The molecule has 0 saturated carbocycles. The highest BCUT2D eigenvalue weighted by Gasteiger charge is 2.24. The van der Waals surface area contributed by atoms with Gasteiger partial charge in [-0.3, -0.25) is 4.79 Å². The molecular weight excluding hydrogens is 335 g/mol. The van der Waals surface area contributed by atoms with Gasteiger partial charge in [0, 0.05) is 12.2 Å². The molecule has 20 heavy (non-hydrogen) atoms. The van der Waals surface area contributed by atoms with Crippen LogP contribution in [0.2, 0.25) is 0 Å². The Morgan fingerprint density at radius 2 is 2.10 bits per heavy atom. The summed E-state index contributed by atoms with van der Waals surface area (Å²) in [6.45, 7) is 1.07. The summed E-state index contributed by atoms with van der Waals surface area (Å²) >= 11 is 2.98. The highest BCUT2D eigenvalue weighted by atomic mass is 79.9. The van der Waals surface area contributed by atoms with Crippen LogP contribution in [0.25, 0.3) is 0 Å². The number of aliphatic hydroxyl groups is 1. The second kappa shape index (κ2) is 6.67. The summed E-state index contributed by atoms with van der Waals surface area (Å²) in [5.74, 6) is -1.62. The highest BCUT2D eigenvalue weighted by Crippen LogP contribution is 2.19. The van der Waals surface area contributed by atoms with Crippen molar-refractivity contribution in [2.24, 2.45) is 0 Å². The lowest BCUT2D eigenvalue weighted by molar-refractivity contribution is -0.141. The number of benzene rings is 1. The summed E-state index contributed by atoms with van der Waals surface area (Å²) in [5.41, 5.74) is -1.19. The third-order valence-electron chi connectivity index (χ3n) is 2.34.